The van der Waals surface area contributed by atoms with E-state index >= 15 is 0 Å². The fraction of sp³-hybridized carbons (Fsp3) is 0.286. The Balaban J connectivity index is 1.00. The smallest absolute Gasteiger partial charge is 0.410 e. The Bertz CT molecular complexity index is 1730. The van der Waals surface area contributed by atoms with E-state index in [4.69, 9.17) is 9.47 Å². The van der Waals surface area contributed by atoms with Gasteiger partial charge in [-0.2, -0.15) is 0 Å². The fourth-order valence-corrected chi connectivity index (χ4v) is 6.60. The molecular formula is C42H44N4O6. The lowest BCUT2D eigenvalue weighted by atomic mass is 10.1. The van der Waals surface area contributed by atoms with Crippen LogP contribution >= 0.6 is 0 Å². The molecule has 4 aromatic carbocycles. The Kier molecular flexibility index (Phi) is 11.7. The van der Waals surface area contributed by atoms with Crippen LogP contribution in [0.4, 0.5) is 21.0 Å². The number of likely N-dealkylation sites (tertiary alicyclic amines) is 2. The van der Waals surface area contributed by atoms with Gasteiger partial charge in [0, 0.05) is 38.6 Å². The van der Waals surface area contributed by atoms with E-state index < -0.39 is 24.3 Å². The first-order valence-corrected chi connectivity index (χ1v) is 17.7. The number of hydrogen-bond acceptors (Lipinski definition) is 6. The van der Waals surface area contributed by atoms with Crippen molar-refractivity contribution < 1.29 is 28.7 Å². The van der Waals surface area contributed by atoms with Crippen LogP contribution in [-0.4, -0.2) is 73.1 Å². The molecule has 6 rings (SSSR count). The highest BCUT2D eigenvalue weighted by Gasteiger charge is 2.38. The van der Waals surface area contributed by atoms with E-state index in [2.05, 4.69) is 0 Å². The highest BCUT2D eigenvalue weighted by atomic mass is 16.6. The van der Waals surface area contributed by atoms with Crippen LogP contribution in [0.2, 0.25) is 0 Å². The summed E-state index contributed by atoms with van der Waals surface area (Å²) in [5, 5.41) is 0. The maximum Gasteiger partial charge on any atom is 0.410 e. The van der Waals surface area contributed by atoms with E-state index in [1.54, 1.807) is 23.9 Å². The second-order valence-corrected chi connectivity index (χ2v) is 13.1. The van der Waals surface area contributed by atoms with Crippen molar-refractivity contribution in [1.29, 1.82) is 0 Å². The molecule has 52 heavy (non-hydrogen) atoms. The zero-order valence-electron chi connectivity index (χ0n) is 29.6. The van der Waals surface area contributed by atoms with E-state index in [1.165, 1.54) is 9.80 Å². The van der Waals surface area contributed by atoms with Crippen molar-refractivity contribution in [3.05, 3.63) is 131 Å². The van der Waals surface area contributed by atoms with Crippen molar-refractivity contribution in [2.24, 2.45) is 0 Å². The molecule has 0 unspecified atom stereocenters. The third-order valence-corrected chi connectivity index (χ3v) is 9.65. The summed E-state index contributed by atoms with van der Waals surface area (Å²) in [6.45, 7) is 1.30. The first-order valence-electron chi connectivity index (χ1n) is 17.7. The molecular weight excluding hydrogens is 656 g/mol. The lowest BCUT2D eigenvalue weighted by molar-refractivity contribution is -0.122. The van der Waals surface area contributed by atoms with Crippen molar-refractivity contribution in [3.63, 3.8) is 0 Å². The quantitative estimate of drug-likeness (QED) is 0.160. The van der Waals surface area contributed by atoms with Gasteiger partial charge in [0.15, 0.2) is 0 Å². The predicted molar refractivity (Wildman–Crippen MR) is 201 cm³/mol. The number of amides is 4. The largest absolute Gasteiger partial charge is 0.445 e. The van der Waals surface area contributed by atoms with Gasteiger partial charge in [-0.3, -0.25) is 19.4 Å². The van der Waals surface area contributed by atoms with Gasteiger partial charge in [-0.05, 0) is 72.2 Å². The standard InChI is InChI=1S/C42H44N4O6/c1-43(39(47)37-15-9-27-45(37)41(49)51-29-33-11-5-3-6-12-33)35-23-19-31(20-24-35)17-18-32-21-25-36(26-22-32)44(2)40(48)38-16-10-28-46(38)42(50)52-30-34-13-7-4-8-14-34/h3-8,11-14,17-26,37-38H,9-10,15-16,27-30H2,1-2H3/b18-17+/t37-,38-/m0/s1. The molecule has 10 nitrogen and oxygen atoms in total. The van der Waals surface area contributed by atoms with Crippen molar-refractivity contribution in [3.8, 4) is 0 Å². The summed E-state index contributed by atoms with van der Waals surface area (Å²) in [4.78, 5) is 58.9. The molecule has 0 bridgehead atoms. The van der Waals surface area contributed by atoms with Gasteiger partial charge in [0.2, 0.25) is 11.8 Å². The number of benzene rings is 4. The molecule has 2 saturated heterocycles. The first-order chi connectivity index (χ1) is 25.3. The summed E-state index contributed by atoms with van der Waals surface area (Å²) in [5.74, 6) is -0.297. The van der Waals surface area contributed by atoms with Crippen molar-refractivity contribution in [2.75, 3.05) is 37.0 Å². The molecule has 0 aromatic heterocycles. The Morgan fingerprint density at radius 3 is 1.31 bits per heavy atom. The van der Waals surface area contributed by atoms with Crippen LogP contribution < -0.4 is 9.80 Å². The molecule has 4 aromatic rings. The highest BCUT2D eigenvalue weighted by Crippen LogP contribution is 2.26. The van der Waals surface area contributed by atoms with Crippen LogP contribution in [0.1, 0.15) is 47.9 Å². The number of hydrogen-bond donors (Lipinski definition) is 0. The Morgan fingerprint density at radius 2 is 0.942 bits per heavy atom. The van der Waals surface area contributed by atoms with Gasteiger partial charge in [-0.25, -0.2) is 9.59 Å². The number of rotatable bonds is 10. The normalized spacial score (nSPS) is 16.9. The lowest BCUT2D eigenvalue weighted by Gasteiger charge is -2.27. The van der Waals surface area contributed by atoms with Crippen LogP contribution in [0, 0.1) is 0 Å². The summed E-state index contributed by atoms with van der Waals surface area (Å²) < 4.78 is 11.0. The van der Waals surface area contributed by atoms with E-state index in [-0.39, 0.29) is 25.0 Å². The third kappa shape index (κ3) is 8.69. The predicted octanol–water partition coefficient (Wildman–Crippen LogP) is 7.39. The van der Waals surface area contributed by atoms with E-state index in [9.17, 15) is 19.2 Å². The zero-order valence-corrected chi connectivity index (χ0v) is 29.6. The number of ether oxygens (including phenoxy) is 2. The molecule has 0 aliphatic carbocycles. The SMILES string of the molecule is CN(C(=O)[C@@H]1CCCN1C(=O)OCc1ccccc1)c1ccc(/C=C/c2ccc(N(C)C(=O)[C@@H]3CCCN3C(=O)OCc3ccccc3)cc2)cc1. The molecule has 0 saturated carbocycles. The Hall–Kier alpha value is -5.90. The molecule has 4 amide bonds. The van der Waals surface area contributed by atoms with Gasteiger partial charge in [-0.15, -0.1) is 0 Å². The average molecular weight is 701 g/mol. The number of carbonyl (C=O) groups excluding carboxylic acids is 4. The molecule has 10 heteroatoms. The molecule has 2 fully saturated rings. The molecule has 2 aliphatic heterocycles. The first kappa shape index (κ1) is 35.9. The zero-order chi connectivity index (χ0) is 36.5. The van der Waals surface area contributed by atoms with Gasteiger partial charge < -0.3 is 19.3 Å². The summed E-state index contributed by atoms with van der Waals surface area (Å²) in [7, 11) is 3.45. The Labute approximate surface area is 304 Å². The van der Waals surface area contributed by atoms with E-state index in [1.807, 2.05) is 121 Å². The average Bonchev–Trinajstić information content (AvgIpc) is 3.90. The van der Waals surface area contributed by atoms with Crippen molar-refractivity contribution >= 4 is 47.5 Å². The molecule has 0 spiro atoms. The summed E-state index contributed by atoms with van der Waals surface area (Å²) in [6, 6.07) is 33.1. The molecule has 268 valence electrons. The van der Waals surface area contributed by atoms with E-state index in [0.717, 1.165) is 46.5 Å². The Morgan fingerprint density at radius 1 is 0.577 bits per heavy atom. The fourth-order valence-electron chi connectivity index (χ4n) is 6.60. The maximum absolute atomic E-state index is 13.5. The second kappa shape index (κ2) is 16.9. The van der Waals surface area contributed by atoms with Crippen LogP contribution in [-0.2, 0) is 32.3 Å². The molecule has 0 radical (unpaired) electrons. The minimum absolute atomic E-state index is 0.148. The van der Waals surface area contributed by atoms with Gasteiger partial charge in [0.25, 0.3) is 0 Å². The van der Waals surface area contributed by atoms with Crippen LogP contribution in [0.5, 0.6) is 0 Å². The lowest BCUT2D eigenvalue weighted by Crippen LogP contribution is -2.46. The number of likely N-dealkylation sites (N-methyl/N-ethyl adjacent to an activating group) is 2. The summed E-state index contributed by atoms with van der Waals surface area (Å²) >= 11 is 0. The van der Waals surface area contributed by atoms with Gasteiger partial charge in [0.1, 0.15) is 25.3 Å². The summed E-state index contributed by atoms with van der Waals surface area (Å²) in [6.07, 6.45) is 5.68. The van der Waals surface area contributed by atoms with Crippen LogP contribution in [0.3, 0.4) is 0 Å². The number of anilines is 2. The number of carbonyl (C=O) groups is 4. The molecule has 0 N–H and O–H groups in total. The van der Waals surface area contributed by atoms with Crippen LogP contribution in [0.25, 0.3) is 12.2 Å². The van der Waals surface area contributed by atoms with E-state index in [0.29, 0.717) is 25.9 Å². The molecule has 2 aliphatic rings. The second-order valence-electron chi connectivity index (χ2n) is 13.1. The highest BCUT2D eigenvalue weighted by molar-refractivity contribution is 5.99. The van der Waals surface area contributed by atoms with Gasteiger partial charge >= 0.3 is 12.2 Å². The monoisotopic (exact) mass is 700 g/mol. The van der Waals surface area contributed by atoms with Crippen molar-refractivity contribution in [2.45, 2.75) is 51.0 Å². The minimum Gasteiger partial charge on any atom is -0.445 e. The third-order valence-electron chi connectivity index (χ3n) is 9.65. The maximum atomic E-state index is 13.5. The van der Waals surface area contributed by atoms with Gasteiger partial charge in [-0.1, -0.05) is 97.1 Å². The minimum atomic E-state index is -0.566. The molecule has 2 atom stereocenters. The molecule has 2 heterocycles. The van der Waals surface area contributed by atoms with Crippen molar-refractivity contribution in [1.82, 2.24) is 9.80 Å². The number of nitrogens with zero attached hydrogens (tertiary/aromatic N) is 4. The van der Waals surface area contributed by atoms with Gasteiger partial charge in [0.05, 0.1) is 0 Å². The van der Waals surface area contributed by atoms with Crippen LogP contribution in [0.15, 0.2) is 109 Å². The topological polar surface area (TPSA) is 99.7 Å². The summed E-state index contributed by atoms with van der Waals surface area (Å²) in [5.41, 5.74) is 5.16.